The number of rotatable bonds is 5. The Labute approximate surface area is 252 Å². The Morgan fingerprint density at radius 2 is 1.42 bits per heavy atom. The second kappa shape index (κ2) is 12.7. The Morgan fingerprint density at radius 1 is 0.844 bits per heavy atom. The Balaban J connectivity index is 1.61. The van der Waals surface area contributed by atoms with Gasteiger partial charge in [0.25, 0.3) is 0 Å². The Hall–Kier alpha value is -4.11. The first kappa shape index (κ1) is 33.8. The number of halogens is 8. The standard InChI is InChI=1S/C29H30F8N4O4/c1-39(20-11-17(28(32,33)34)10-18(12-20)29(35,36)37)27(45)40(2)24-14-41(13-21(24)16-5-8-22(30)23(31)9-16)25(42)15-3-6-19(7-4-15)38-26(43)44/h5,8-12,15,19,21,24,38H,3-4,6-7,13-14H2,1-2H3,(H,43,44)/t15-,19-,21-,24+/m0/s1. The summed E-state index contributed by atoms with van der Waals surface area (Å²) in [6, 6.07) is 1.57. The molecule has 2 N–H and O–H groups in total. The van der Waals surface area contributed by atoms with Crippen LogP contribution in [-0.2, 0) is 17.1 Å². The summed E-state index contributed by atoms with van der Waals surface area (Å²) in [6.07, 6.45) is -9.90. The molecule has 8 nitrogen and oxygen atoms in total. The zero-order valence-electron chi connectivity index (χ0n) is 24.1. The molecule has 2 aliphatic rings. The van der Waals surface area contributed by atoms with Gasteiger partial charge in [0.2, 0.25) is 5.91 Å². The van der Waals surface area contributed by atoms with Gasteiger partial charge in [0.05, 0.1) is 17.2 Å². The number of anilines is 1. The zero-order chi connectivity index (χ0) is 33.4. The van der Waals surface area contributed by atoms with Crippen molar-refractivity contribution in [3.63, 3.8) is 0 Å². The van der Waals surface area contributed by atoms with E-state index in [9.17, 15) is 49.5 Å². The molecule has 1 aliphatic heterocycles. The van der Waals surface area contributed by atoms with Gasteiger partial charge in [-0.05, 0) is 61.6 Å². The summed E-state index contributed by atoms with van der Waals surface area (Å²) in [5, 5.41) is 11.3. The van der Waals surface area contributed by atoms with E-state index in [4.69, 9.17) is 5.11 Å². The molecule has 0 radical (unpaired) electrons. The Bertz CT molecular complexity index is 1410. The first-order valence-corrected chi connectivity index (χ1v) is 13.9. The minimum atomic E-state index is -5.14. The summed E-state index contributed by atoms with van der Waals surface area (Å²) in [5.74, 6) is -3.89. The number of carbonyl (C=O) groups is 3. The molecule has 1 heterocycles. The average Bonchev–Trinajstić information content (AvgIpc) is 3.41. The van der Waals surface area contributed by atoms with Crippen molar-refractivity contribution in [1.82, 2.24) is 15.1 Å². The summed E-state index contributed by atoms with van der Waals surface area (Å²) in [4.78, 5) is 41.1. The highest BCUT2D eigenvalue weighted by Gasteiger charge is 2.44. The van der Waals surface area contributed by atoms with E-state index in [2.05, 4.69) is 5.32 Å². The molecule has 1 saturated heterocycles. The van der Waals surface area contributed by atoms with Crippen LogP contribution < -0.4 is 10.2 Å². The Kier molecular flexibility index (Phi) is 9.54. The summed E-state index contributed by atoms with van der Waals surface area (Å²) >= 11 is 0. The molecule has 0 unspecified atom stereocenters. The number of nitrogens with zero attached hydrogens (tertiary/aromatic N) is 3. The largest absolute Gasteiger partial charge is 0.465 e. The van der Waals surface area contributed by atoms with Crippen molar-refractivity contribution in [2.24, 2.45) is 5.92 Å². The summed E-state index contributed by atoms with van der Waals surface area (Å²) in [6.45, 7) is -0.146. The highest BCUT2D eigenvalue weighted by Crippen LogP contribution is 2.39. The minimum absolute atomic E-state index is 0.0367. The number of benzene rings is 2. The van der Waals surface area contributed by atoms with Crippen molar-refractivity contribution >= 4 is 23.7 Å². The molecule has 2 aromatic rings. The molecule has 0 bridgehead atoms. The van der Waals surface area contributed by atoms with E-state index in [1.165, 1.54) is 18.0 Å². The van der Waals surface area contributed by atoms with Crippen LogP contribution in [0.3, 0.4) is 0 Å². The van der Waals surface area contributed by atoms with Gasteiger partial charge in [-0.25, -0.2) is 18.4 Å². The number of carbonyl (C=O) groups excluding carboxylic acids is 2. The van der Waals surface area contributed by atoms with Crippen LogP contribution in [0.15, 0.2) is 36.4 Å². The molecule has 16 heteroatoms. The highest BCUT2D eigenvalue weighted by molar-refractivity contribution is 5.92. The van der Waals surface area contributed by atoms with E-state index in [1.807, 2.05) is 0 Å². The van der Waals surface area contributed by atoms with Crippen LogP contribution in [0.5, 0.6) is 0 Å². The molecule has 0 aromatic heterocycles. The molecule has 2 fully saturated rings. The second-order valence-corrected chi connectivity index (χ2v) is 11.3. The number of hydrogen-bond acceptors (Lipinski definition) is 3. The lowest BCUT2D eigenvalue weighted by atomic mass is 9.85. The van der Waals surface area contributed by atoms with Crippen LogP contribution in [0.4, 0.5) is 50.4 Å². The molecule has 1 saturated carbocycles. The van der Waals surface area contributed by atoms with Crippen LogP contribution in [-0.4, -0.2) is 72.2 Å². The van der Waals surface area contributed by atoms with Gasteiger partial charge < -0.3 is 20.2 Å². The average molecular weight is 651 g/mol. The highest BCUT2D eigenvalue weighted by atomic mass is 19.4. The van der Waals surface area contributed by atoms with Crippen molar-refractivity contribution in [3.8, 4) is 0 Å². The number of hydrogen-bond donors (Lipinski definition) is 2. The van der Waals surface area contributed by atoms with Gasteiger partial charge in [-0.15, -0.1) is 0 Å². The minimum Gasteiger partial charge on any atom is -0.465 e. The van der Waals surface area contributed by atoms with E-state index in [1.54, 1.807) is 0 Å². The SMILES string of the molecule is CN(C(=O)N(C)[C@@H]1CN(C(=O)[C@H]2CC[C@H](NC(=O)O)CC2)C[C@H]1c1ccc(F)c(F)c1)c1cc(C(F)(F)F)cc(C(F)(F)F)c1. The van der Waals surface area contributed by atoms with Gasteiger partial charge in [-0.3, -0.25) is 9.69 Å². The number of amides is 4. The van der Waals surface area contributed by atoms with Crippen LogP contribution in [0.25, 0.3) is 0 Å². The second-order valence-electron chi connectivity index (χ2n) is 11.3. The number of likely N-dealkylation sites (N-methyl/N-ethyl adjacent to an activating group) is 1. The summed E-state index contributed by atoms with van der Waals surface area (Å²) in [7, 11) is 2.26. The molecule has 2 aromatic carbocycles. The molecule has 246 valence electrons. The predicted octanol–water partition coefficient (Wildman–Crippen LogP) is 6.31. The third kappa shape index (κ3) is 7.59. The van der Waals surface area contributed by atoms with Crippen molar-refractivity contribution in [3.05, 3.63) is 64.7 Å². The third-order valence-corrected chi connectivity index (χ3v) is 8.42. The van der Waals surface area contributed by atoms with Gasteiger partial charge in [0, 0.05) is 50.7 Å². The van der Waals surface area contributed by atoms with Gasteiger partial charge in [-0.1, -0.05) is 6.07 Å². The van der Waals surface area contributed by atoms with Crippen molar-refractivity contribution < 1.29 is 54.6 Å². The topological polar surface area (TPSA) is 93.2 Å². The van der Waals surface area contributed by atoms with Gasteiger partial charge in [-0.2, -0.15) is 26.3 Å². The van der Waals surface area contributed by atoms with Crippen LogP contribution >= 0.6 is 0 Å². The molecule has 0 spiro atoms. The van der Waals surface area contributed by atoms with E-state index in [0.717, 1.165) is 24.1 Å². The lowest BCUT2D eigenvalue weighted by molar-refractivity contribution is -0.143. The first-order valence-electron chi connectivity index (χ1n) is 13.9. The summed E-state index contributed by atoms with van der Waals surface area (Å²) in [5.41, 5.74) is -3.68. The van der Waals surface area contributed by atoms with Crippen molar-refractivity contribution in [2.75, 3.05) is 32.1 Å². The van der Waals surface area contributed by atoms with Crippen LogP contribution in [0.1, 0.15) is 48.3 Å². The molecular formula is C29H30F8N4O4. The lowest BCUT2D eigenvalue weighted by Crippen LogP contribution is -2.48. The smallest absolute Gasteiger partial charge is 0.416 e. The van der Waals surface area contributed by atoms with E-state index in [-0.39, 0.29) is 36.7 Å². The maximum absolute atomic E-state index is 14.2. The van der Waals surface area contributed by atoms with E-state index in [0.29, 0.717) is 42.7 Å². The molecule has 45 heavy (non-hydrogen) atoms. The lowest BCUT2D eigenvalue weighted by Gasteiger charge is -2.33. The van der Waals surface area contributed by atoms with E-state index >= 15 is 0 Å². The molecule has 4 amide bonds. The van der Waals surface area contributed by atoms with Gasteiger partial charge in [0.1, 0.15) is 0 Å². The first-order chi connectivity index (χ1) is 20.9. The maximum atomic E-state index is 14.2. The molecular weight excluding hydrogens is 620 g/mol. The third-order valence-electron chi connectivity index (χ3n) is 8.42. The number of likely N-dealkylation sites (tertiary alicyclic amines) is 1. The quantitative estimate of drug-likeness (QED) is 0.371. The van der Waals surface area contributed by atoms with Crippen LogP contribution in [0.2, 0.25) is 0 Å². The molecule has 2 atom stereocenters. The maximum Gasteiger partial charge on any atom is 0.416 e. The fraction of sp³-hybridized carbons (Fsp3) is 0.483. The number of alkyl halides is 6. The van der Waals surface area contributed by atoms with Crippen molar-refractivity contribution in [2.45, 2.75) is 56.0 Å². The van der Waals surface area contributed by atoms with Crippen LogP contribution in [0, 0.1) is 17.6 Å². The zero-order valence-corrected chi connectivity index (χ0v) is 24.1. The molecule has 1 aliphatic carbocycles. The normalized spacial score (nSPS) is 22.2. The fourth-order valence-electron chi connectivity index (χ4n) is 5.97. The van der Waals surface area contributed by atoms with Gasteiger partial charge in [0.15, 0.2) is 11.6 Å². The number of nitrogens with one attached hydrogen (secondary N) is 1. The Morgan fingerprint density at radius 3 is 1.93 bits per heavy atom. The fourth-order valence-corrected chi connectivity index (χ4v) is 5.97. The number of carboxylic acid groups (broad SMARTS) is 1. The van der Waals surface area contributed by atoms with Crippen molar-refractivity contribution in [1.29, 1.82) is 0 Å². The predicted molar refractivity (Wildman–Crippen MR) is 144 cm³/mol. The monoisotopic (exact) mass is 650 g/mol. The summed E-state index contributed by atoms with van der Waals surface area (Å²) < 4.78 is 109. The number of urea groups is 1. The van der Waals surface area contributed by atoms with Gasteiger partial charge >= 0.3 is 24.5 Å². The molecule has 4 rings (SSSR count). The van der Waals surface area contributed by atoms with E-state index < -0.39 is 70.8 Å².